The van der Waals surface area contributed by atoms with Crippen LogP contribution in [0.2, 0.25) is 10.0 Å². The van der Waals surface area contributed by atoms with Gasteiger partial charge in [0.1, 0.15) is 6.04 Å². The fraction of sp³-hybridized carbons (Fsp3) is 0.278. The number of carbonyl (C=O) groups excluding carboxylic acids is 1. The standard InChI is InChI=1S/C18H20Cl2N2O/c1-22(2)17(13-7-4-3-5-8-13)12-21-18(23)11-14-15(19)9-6-10-16(14)20/h3-10,17H,11-12H2,1-2H3,(H,21,23)/p+1/t17-/m0/s1. The Bertz CT molecular complexity index is 639. The van der Waals surface area contributed by atoms with Crippen molar-refractivity contribution in [3.8, 4) is 0 Å². The lowest BCUT2D eigenvalue weighted by Crippen LogP contribution is -3.07. The Morgan fingerprint density at radius 2 is 1.65 bits per heavy atom. The van der Waals surface area contributed by atoms with Crippen LogP contribution in [0.1, 0.15) is 17.2 Å². The van der Waals surface area contributed by atoms with E-state index >= 15 is 0 Å². The van der Waals surface area contributed by atoms with Gasteiger partial charge in [0.05, 0.1) is 27.1 Å². The SMILES string of the molecule is C[NH+](C)[C@@H](CNC(=O)Cc1c(Cl)cccc1Cl)c1ccccc1. The number of halogens is 2. The molecule has 0 aliphatic rings. The Labute approximate surface area is 147 Å². The van der Waals surface area contributed by atoms with E-state index in [0.717, 1.165) is 0 Å². The maximum absolute atomic E-state index is 12.2. The van der Waals surface area contributed by atoms with Crippen LogP contribution in [0.15, 0.2) is 48.5 Å². The van der Waals surface area contributed by atoms with Gasteiger partial charge in [-0.1, -0.05) is 59.6 Å². The van der Waals surface area contributed by atoms with Crippen molar-refractivity contribution >= 4 is 29.1 Å². The first-order valence-corrected chi connectivity index (χ1v) is 8.29. The molecule has 2 rings (SSSR count). The summed E-state index contributed by atoms with van der Waals surface area (Å²) in [5.74, 6) is -0.0813. The lowest BCUT2D eigenvalue weighted by Gasteiger charge is -2.22. The third-order valence-corrected chi connectivity index (χ3v) is 4.51. The maximum Gasteiger partial charge on any atom is 0.224 e. The molecule has 0 spiro atoms. The van der Waals surface area contributed by atoms with E-state index in [1.54, 1.807) is 18.2 Å². The van der Waals surface area contributed by atoms with Crippen LogP contribution in [0.4, 0.5) is 0 Å². The highest BCUT2D eigenvalue weighted by atomic mass is 35.5. The highest BCUT2D eigenvalue weighted by Crippen LogP contribution is 2.24. The number of rotatable bonds is 6. The Hall–Kier alpha value is -1.55. The van der Waals surface area contributed by atoms with E-state index in [9.17, 15) is 4.79 Å². The molecule has 2 N–H and O–H groups in total. The van der Waals surface area contributed by atoms with Crippen molar-refractivity contribution in [1.29, 1.82) is 0 Å². The van der Waals surface area contributed by atoms with Crippen molar-refractivity contribution < 1.29 is 9.69 Å². The number of hydrogen-bond donors (Lipinski definition) is 2. The summed E-state index contributed by atoms with van der Waals surface area (Å²) < 4.78 is 0. The fourth-order valence-electron chi connectivity index (χ4n) is 2.48. The summed E-state index contributed by atoms with van der Waals surface area (Å²) in [6, 6.07) is 15.6. The topological polar surface area (TPSA) is 33.5 Å². The lowest BCUT2D eigenvalue weighted by molar-refractivity contribution is -0.890. The zero-order valence-electron chi connectivity index (χ0n) is 13.3. The van der Waals surface area contributed by atoms with Crippen molar-refractivity contribution in [1.82, 2.24) is 5.32 Å². The van der Waals surface area contributed by atoms with E-state index in [2.05, 4.69) is 31.5 Å². The molecule has 3 nitrogen and oxygen atoms in total. The number of carbonyl (C=O) groups is 1. The van der Waals surface area contributed by atoms with Gasteiger partial charge in [-0.15, -0.1) is 0 Å². The van der Waals surface area contributed by atoms with Crippen LogP contribution < -0.4 is 10.2 Å². The Kier molecular flexibility index (Phi) is 6.46. The van der Waals surface area contributed by atoms with Crippen molar-refractivity contribution in [3.05, 3.63) is 69.7 Å². The van der Waals surface area contributed by atoms with Crippen LogP contribution in [0.3, 0.4) is 0 Å². The Balaban J connectivity index is 2.00. The lowest BCUT2D eigenvalue weighted by atomic mass is 10.1. The largest absolute Gasteiger partial charge is 0.349 e. The minimum Gasteiger partial charge on any atom is -0.349 e. The first-order chi connectivity index (χ1) is 11.0. The molecule has 0 saturated carbocycles. The van der Waals surface area contributed by atoms with Gasteiger partial charge in [-0.2, -0.15) is 0 Å². The summed E-state index contributed by atoms with van der Waals surface area (Å²) in [6.45, 7) is 0.563. The minimum absolute atomic E-state index is 0.0813. The van der Waals surface area contributed by atoms with Crippen LogP contribution in [-0.4, -0.2) is 26.5 Å². The quantitative estimate of drug-likeness (QED) is 0.823. The summed E-state index contributed by atoms with van der Waals surface area (Å²) in [5, 5.41) is 4.03. The second kappa shape index (κ2) is 8.34. The van der Waals surface area contributed by atoms with E-state index in [-0.39, 0.29) is 18.4 Å². The van der Waals surface area contributed by atoms with Crippen LogP contribution in [0.25, 0.3) is 0 Å². The first-order valence-electron chi connectivity index (χ1n) is 7.53. The average Bonchev–Trinajstić information content (AvgIpc) is 2.52. The molecule has 23 heavy (non-hydrogen) atoms. The van der Waals surface area contributed by atoms with Gasteiger partial charge in [0.2, 0.25) is 5.91 Å². The number of benzene rings is 2. The predicted octanol–water partition coefficient (Wildman–Crippen LogP) is 2.54. The molecule has 0 saturated heterocycles. The van der Waals surface area contributed by atoms with E-state index in [1.165, 1.54) is 10.5 Å². The highest BCUT2D eigenvalue weighted by Gasteiger charge is 2.19. The van der Waals surface area contributed by atoms with Crippen molar-refractivity contribution in [2.24, 2.45) is 0 Å². The van der Waals surface area contributed by atoms with Gasteiger partial charge in [0.25, 0.3) is 0 Å². The normalized spacial score (nSPS) is 12.2. The molecule has 2 aromatic carbocycles. The van der Waals surface area contributed by atoms with E-state index in [4.69, 9.17) is 23.2 Å². The third-order valence-electron chi connectivity index (χ3n) is 3.80. The summed E-state index contributed by atoms with van der Waals surface area (Å²) >= 11 is 12.2. The number of nitrogens with one attached hydrogen (secondary N) is 2. The molecule has 122 valence electrons. The van der Waals surface area contributed by atoms with Gasteiger partial charge in [-0.3, -0.25) is 4.79 Å². The van der Waals surface area contributed by atoms with Gasteiger partial charge >= 0.3 is 0 Å². The predicted molar refractivity (Wildman–Crippen MR) is 95.2 cm³/mol. The number of quaternary nitrogens is 1. The second-order valence-corrected chi connectivity index (χ2v) is 6.54. The summed E-state index contributed by atoms with van der Waals surface area (Å²) in [5.41, 5.74) is 1.87. The molecule has 5 heteroatoms. The summed E-state index contributed by atoms with van der Waals surface area (Å²) in [7, 11) is 4.16. The molecule has 0 aromatic heterocycles. The van der Waals surface area contributed by atoms with Crippen molar-refractivity contribution in [2.75, 3.05) is 20.6 Å². The fourth-order valence-corrected chi connectivity index (χ4v) is 3.01. The van der Waals surface area contributed by atoms with Gasteiger partial charge in [0, 0.05) is 15.6 Å². The highest BCUT2D eigenvalue weighted by molar-refractivity contribution is 6.36. The van der Waals surface area contributed by atoms with E-state index in [0.29, 0.717) is 22.2 Å². The van der Waals surface area contributed by atoms with Crippen molar-refractivity contribution in [2.45, 2.75) is 12.5 Å². The third kappa shape index (κ3) is 4.96. The molecule has 2 aromatic rings. The van der Waals surface area contributed by atoms with Gasteiger partial charge in [-0.25, -0.2) is 0 Å². The van der Waals surface area contributed by atoms with Crippen molar-refractivity contribution in [3.63, 3.8) is 0 Å². The van der Waals surface area contributed by atoms with Crippen LogP contribution in [-0.2, 0) is 11.2 Å². The molecule has 0 fully saturated rings. The van der Waals surface area contributed by atoms with Gasteiger partial charge in [-0.05, 0) is 17.7 Å². The van der Waals surface area contributed by atoms with Gasteiger partial charge in [0.15, 0.2) is 0 Å². The number of likely N-dealkylation sites (N-methyl/N-ethyl adjacent to an activating group) is 1. The summed E-state index contributed by atoms with van der Waals surface area (Å²) in [6.07, 6.45) is 0.183. The molecular weight excluding hydrogens is 331 g/mol. The molecule has 1 atom stereocenters. The van der Waals surface area contributed by atoms with Crippen LogP contribution in [0, 0.1) is 0 Å². The zero-order valence-corrected chi connectivity index (χ0v) is 14.8. The van der Waals surface area contributed by atoms with Crippen LogP contribution >= 0.6 is 23.2 Å². The smallest absolute Gasteiger partial charge is 0.224 e. The minimum atomic E-state index is -0.0813. The Morgan fingerprint density at radius 3 is 2.22 bits per heavy atom. The molecule has 1 amide bonds. The van der Waals surface area contributed by atoms with E-state index < -0.39 is 0 Å². The number of hydrogen-bond acceptors (Lipinski definition) is 1. The molecule has 0 heterocycles. The monoisotopic (exact) mass is 351 g/mol. The molecule has 0 aliphatic heterocycles. The maximum atomic E-state index is 12.2. The second-order valence-electron chi connectivity index (χ2n) is 5.72. The Morgan fingerprint density at radius 1 is 1.04 bits per heavy atom. The first kappa shape index (κ1) is 17.8. The van der Waals surface area contributed by atoms with Gasteiger partial charge < -0.3 is 10.2 Å². The molecule has 0 unspecified atom stereocenters. The molecule has 0 aliphatic carbocycles. The molecule has 0 radical (unpaired) electrons. The van der Waals surface area contributed by atoms with E-state index in [1.807, 2.05) is 18.2 Å². The zero-order chi connectivity index (χ0) is 16.8. The molecular formula is C18H21Cl2N2O+. The average molecular weight is 352 g/mol. The van der Waals surface area contributed by atoms with Crippen LogP contribution in [0.5, 0.6) is 0 Å². The summed E-state index contributed by atoms with van der Waals surface area (Å²) in [4.78, 5) is 13.5. The molecule has 0 bridgehead atoms. The number of amides is 1.